The van der Waals surface area contributed by atoms with Crippen LogP contribution in [0.2, 0.25) is 0 Å². The Hall–Kier alpha value is -0.510. The second kappa shape index (κ2) is 8.73. The van der Waals surface area contributed by atoms with Gasteiger partial charge in [0, 0.05) is 25.7 Å². The minimum atomic E-state index is -3.51. The first kappa shape index (κ1) is 19.8. The number of nitrogens with one attached hydrogen (secondary N) is 1. The average molecular weight is 376 g/mol. The Morgan fingerprint density at radius 2 is 1.96 bits per heavy atom. The van der Waals surface area contributed by atoms with Gasteiger partial charge in [0.15, 0.2) is 0 Å². The maximum Gasteiger partial charge on any atom is 0.279 e. The van der Waals surface area contributed by atoms with Crippen LogP contribution in [0.25, 0.3) is 0 Å². The Bertz CT molecular complexity index is 578. The highest BCUT2D eigenvalue weighted by atomic mass is 32.2. The van der Waals surface area contributed by atoms with Gasteiger partial charge in [0.2, 0.25) is 0 Å². The fourth-order valence-corrected chi connectivity index (χ4v) is 5.26. The minimum Gasteiger partial charge on any atom is -0.373 e. The van der Waals surface area contributed by atoms with Crippen molar-refractivity contribution >= 4 is 21.5 Å². The summed E-state index contributed by atoms with van der Waals surface area (Å²) < 4.78 is 35.3. The minimum absolute atomic E-state index is 0.0527. The van der Waals surface area contributed by atoms with Crippen molar-refractivity contribution in [1.82, 2.24) is 13.9 Å². The Morgan fingerprint density at radius 3 is 2.46 bits per heavy atom. The van der Waals surface area contributed by atoms with Crippen molar-refractivity contribution in [1.29, 1.82) is 0 Å². The summed E-state index contributed by atoms with van der Waals surface area (Å²) in [6.45, 7) is 10.9. The molecule has 0 saturated carbocycles. The second-order valence-corrected chi connectivity index (χ2v) is 8.76. The van der Waals surface area contributed by atoms with Crippen molar-refractivity contribution in [3.63, 3.8) is 0 Å². The van der Waals surface area contributed by atoms with E-state index >= 15 is 0 Å². The lowest BCUT2D eigenvalue weighted by molar-refractivity contribution is -0.0444. The smallest absolute Gasteiger partial charge is 0.279 e. The monoisotopic (exact) mass is 375 g/mol. The highest BCUT2D eigenvalue weighted by Crippen LogP contribution is 2.23. The molecule has 1 aromatic rings. The Kier molecular flexibility index (Phi) is 7.21. The quantitative estimate of drug-likeness (QED) is 0.756. The van der Waals surface area contributed by atoms with E-state index in [1.165, 1.54) is 4.31 Å². The van der Waals surface area contributed by atoms with E-state index in [0.717, 1.165) is 18.7 Å². The van der Waals surface area contributed by atoms with Gasteiger partial charge in [0.05, 0.1) is 12.2 Å². The molecule has 1 aliphatic rings. The van der Waals surface area contributed by atoms with Crippen molar-refractivity contribution in [3.8, 4) is 0 Å². The molecule has 0 aromatic carbocycles. The van der Waals surface area contributed by atoms with Gasteiger partial charge < -0.3 is 4.74 Å². The standard InChI is InChI=1S/C16H29N3O3S2/c1-5-18(6-2)16(15-7-8-23-12-15)9-17-24(20,21)19-10-13(3)22-14(4)11-19/h7-8,12-14,16-17H,5-6,9-11H2,1-4H3. The predicted octanol–water partition coefficient (Wildman–Crippen LogP) is 2.07. The summed E-state index contributed by atoms with van der Waals surface area (Å²) in [7, 11) is -3.51. The number of hydrogen-bond acceptors (Lipinski definition) is 5. The van der Waals surface area contributed by atoms with E-state index in [0.29, 0.717) is 19.6 Å². The highest BCUT2D eigenvalue weighted by Gasteiger charge is 2.31. The fourth-order valence-electron chi connectivity index (χ4n) is 3.19. The van der Waals surface area contributed by atoms with Gasteiger partial charge in [-0.15, -0.1) is 0 Å². The molecule has 1 N–H and O–H groups in total. The molecule has 3 atom stereocenters. The second-order valence-electron chi connectivity index (χ2n) is 6.22. The molecular formula is C16H29N3O3S2. The van der Waals surface area contributed by atoms with Crippen LogP contribution >= 0.6 is 11.3 Å². The summed E-state index contributed by atoms with van der Waals surface area (Å²) in [4.78, 5) is 2.27. The molecule has 24 heavy (non-hydrogen) atoms. The maximum absolute atomic E-state index is 12.7. The van der Waals surface area contributed by atoms with Crippen LogP contribution in [-0.4, -0.2) is 62.6 Å². The number of ether oxygens (including phenoxy) is 1. The van der Waals surface area contributed by atoms with Gasteiger partial charge in [0.1, 0.15) is 0 Å². The molecule has 138 valence electrons. The zero-order chi connectivity index (χ0) is 17.7. The first-order valence-corrected chi connectivity index (χ1v) is 10.9. The van der Waals surface area contributed by atoms with Crippen LogP contribution in [0.4, 0.5) is 0 Å². The Labute approximate surface area is 150 Å². The van der Waals surface area contributed by atoms with Gasteiger partial charge in [-0.1, -0.05) is 13.8 Å². The molecule has 0 spiro atoms. The molecule has 1 aliphatic heterocycles. The number of hydrogen-bond donors (Lipinski definition) is 1. The number of morpholine rings is 1. The summed E-state index contributed by atoms with van der Waals surface area (Å²) >= 11 is 1.64. The van der Waals surface area contributed by atoms with E-state index in [4.69, 9.17) is 4.74 Å². The van der Waals surface area contributed by atoms with E-state index < -0.39 is 10.2 Å². The molecule has 6 nitrogen and oxygen atoms in total. The van der Waals surface area contributed by atoms with Crippen LogP contribution in [0.1, 0.15) is 39.3 Å². The van der Waals surface area contributed by atoms with Crippen molar-refractivity contribution in [2.45, 2.75) is 45.9 Å². The molecule has 0 amide bonds. The summed E-state index contributed by atoms with van der Waals surface area (Å²) in [5.74, 6) is 0. The first-order valence-electron chi connectivity index (χ1n) is 8.53. The van der Waals surface area contributed by atoms with Gasteiger partial charge in [-0.2, -0.15) is 24.1 Å². The normalized spacial score (nSPS) is 24.4. The first-order chi connectivity index (χ1) is 11.4. The van der Waals surface area contributed by atoms with E-state index in [1.54, 1.807) is 11.3 Å². The molecule has 2 heterocycles. The lowest BCUT2D eigenvalue weighted by Gasteiger charge is -2.35. The Morgan fingerprint density at radius 1 is 1.33 bits per heavy atom. The number of rotatable bonds is 8. The third kappa shape index (κ3) is 5.00. The fraction of sp³-hybridized carbons (Fsp3) is 0.750. The highest BCUT2D eigenvalue weighted by molar-refractivity contribution is 7.87. The molecular weight excluding hydrogens is 346 g/mol. The SMILES string of the molecule is CCN(CC)C(CNS(=O)(=O)N1CC(C)OC(C)C1)c1ccsc1. The maximum atomic E-state index is 12.7. The summed E-state index contributed by atoms with van der Waals surface area (Å²) in [5, 5.41) is 4.13. The topological polar surface area (TPSA) is 61.9 Å². The van der Waals surface area contributed by atoms with Crippen LogP contribution in [0.3, 0.4) is 0 Å². The molecule has 1 fully saturated rings. The molecule has 1 saturated heterocycles. The third-order valence-electron chi connectivity index (χ3n) is 4.37. The predicted molar refractivity (Wildman–Crippen MR) is 98.5 cm³/mol. The summed E-state index contributed by atoms with van der Waals surface area (Å²) in [6.07, 6.45) is -0.165. The van der Waals surface area contributed by atoms with Crippen molar-refractivity contribution in [2.24, 2.45) is 0 Å². The van der Waals surface area contributed by atoms with Crippen LogP contribution < -0.4 is 4.72 Å². The molecule has 2 rings (SSSR count). The van der Waals surface area contributed by atoms with E-state index in [1.807, 2.05) is 19.2 Å². The van der Waals surface area contributed by atoms with Gasteiger partial charge in [0.25, 0.3) is 10.2 Å². The lowest BCUT2D eigenvalue weighted by Crippen LogP contribution is -2.53. The molecule has 0 radical (unpaired) electrons. The van der Waals surface area contributed by atoms with Gasteiger partial charge in [-0.3, -0.25) is 4.90 Å². The van der Waals surface area contributed by atoms with Crippen LogP contribution in [0.5, 0.6) is 0 Å². The van der Waals surface area contributed by atoms with E-state index in [2.05, 4.69) is 34.9 Å². The van der Waals surface area contributed by atoms with Crippen LogP contribution in [0, 0.1) is 0 Å². The summed E-state index contributed by atoms with van der Waals surface area (Å²) in [6, 6.07) is 2.12. The molecule has 1 aromatic heterocycles. The molecule has 0 bridgehead atoms. The zero-order valence-electron chi connectivity index (χ0n) is 14.9. The van der Waals surface area contributed by atoms with Gasteiger partial charge in [-0.05, 0) is 49.3 Å². The van der Waals surface area contributed by atoms with E-state index in [-0.39, 0.29) is 18.2 Å². The molecule has 3 unspecified atom stereocenters. The zero-order valence-corrected chi connectivity index (χ0v) is 16.6. The van der Waals surface area contributed by atoms with Crippen molar-refractivity contribution in [3.05, 3.63) is 22.4 Å². The van der Waals surface area contributed by atoms with Gasteiger partial charge >= 0.3 is 0 Å². The summed E-state index contributed by atoms with van der Waals surface area (Å²) in [5.41, 5.74) is 1.16. The largest absolute Gasteiger partial charge is 0.373 e. The van der Waals surface area contributed by atoms with Crippen molar-refractivity contribution < 1.29 is 13.2 Å². The van der Waals surface area contributed by atoms with Crippen LogP contribution in [-0.2, 0) is 14.9 Å². The van der Waals surface area contributed by atoms with Gasteiger partial charge in [-0.25, -0.2) is 4.72 Å². The van der Waals surface area contributed by atoms with Crippen molar-refractivity contribution in [2.75, 3.05) is 32.7 Å². The number of likely N-dealkylation sites (N-methyl/N-ethyl adjacent to an activating group) is 1. The third-order valence-corrected chi connectivity index (χ3v) is 6.58. The molecule has 8 heteroatoms. The number of thiophene rings is 1. The lowest BCUT2D eigenvalue weighted by atomic mass is 10.1. The molecule has 0 aliphatic carbocycles. The number of nitrogens with zero attached hydrogens (tertiary/aromatic N) is 2. The van der Waals surface area contributed by atoms with E-state index in [9.17, 15) is 8.42 Å². The average Bonchev–Trinajstić information content (AvgIpc) is 3.04. The Balaban J connectivity index is 2.07. The van der Waals surface area contributed by atoms with Crippen LogP contribution in [0.15, 0.2) is 16.8 Å².